The second-order valence-electron chi connectivity index (χ2n) is 4.89. The van der Waals surface area contributed by atoms with E-state index >= 15 is 0 Å². The van der Waals surface area contributed by atoms with Gasteiger partial charge in [-0.15, -0.1) is 11.3 Å². The molecule has 1 aromatic heterocycles. The Morgan fingerprint density at radius 3 is 2.95 bits per heavy atom. The number of aromatic nitrogens is 1. The zero-order valence-electron chi connectivity index (χ0n) is 11.1. The van der Waals surface area contributed by atoms with E-state index < -0.39 is 0 Å². The molecule has 1 aliphatic carbocycles. The van der Waals surface area contributed by atoms with Crippen LogP contribution in [0.15, 0.2) is 29.8 Å². The van der Waals surface area contributed by atoms with E-state index in [1.807, 2.05) is 17.6 Å². The summed E-state index contributed by atoms with van der Waals surface area (Å²) >= 11 is 1.71. The highest BCUT2D eigenvalue weighted by molar-refractivity contribution is 7.09. The summed E-state index contributed by atoms with van der Waals surface area (Å²) in [7, 11) is 1.72. The highest BCUT2D eigenvalue weighted by Crippen LogP contribution is 2.24. The number of nitrogens with one attached hydrogen (secondary N) is 1. The normalized spacial score (nSPS) is 14.6. The van der Waals surface area contributed by atoms with Gasteiger partial charge in [0.2, 0.25) is 0 Å². The molecular formula is C15H18N2OS. The molecule has 1 aromatic carbocycles. The van der Waals surface area contributed by atoms with Crippen molar-refractivity contribution in [2.45, 2.75) is 31.8 Å². The molecule has 2 aromatic rings. The summed E-state index contributed by atoms with van der Waals surface area (Å²) in [4.78, 5) is 4.37. The van der Waals surface area contributed by atoms with Crippen LogP contribution in [0.5, 0.6) is 5.75 Å². The van der Waals surface area contributed by atoms with Crippen molar-refractivity contribution in [1.29, 1.82) is 0 Å². The number of benzene rings is 1. The van der Waals surface area contributed by atoms with Crippen molar-refractivity contribution < 1.29 is 4.74 Å². The van der Waals surface area contributed by atoms with Gasteiger partial charge in [0.05, 0.1) is 12.1 Å². The van der Waals surface area contributed by atoms with Crippen molar-refractivity contribution in [2.75, 3.05) is 7.11 Å². The summed E-state index contributed by atoms with van der Waals surface area (Å²) in [6.45, 7) is 0.919. The molecule has 0 atom stereocenters. The number of rotatable bonds is 6. The van der Waals surface area contributed by atoms with Crippen LogP contribution >= 0.6 is 11.3 Å². The van der Waals surface area contributed by atoms with Crippen LogP contribution < -0.4 is 10.1 Å². The Bertz CT molecular complexity index is 535. The van der Waals surface area contributed by atoms with Crippen LogP contribution in [0.25, 0.3) is 0 Å². The van der Waals surface area contributed by atoms with E-state index in [4.69, 9.17) is 4.74 Å². The molecule has 100 valence electrons. The van der Waals surface area contributed by atoms with Gasteiger partial charge in [-0.25, -0.2) is 4.98 Å². The maximum atomic E-state index is 5.33. The molecule has 0 radical (unpaired) electrons. The van der Waals surface area contributed by atoms with Gasteiger partial charge in [0, 0.05) is 30.6 Å². The second-order valence-corrected chi connectivity index (χ2v) is 5.87. The average Bonchev–Trinajstić information content (AvgIpc) is 3.13. The van der Waals surface area contributed by atoms with Gasteiger partial charge in [0.1, 0.15) is 5.75 Å². The Morgan fingerprint density at radius 1 is 1.37 bits per heavy atom. The molecule has 0 bridgehead atoms. The summed E-state index contributed by atoms with van der Waals surface area (Å²) in [5, 5.41) is 6.77. The molecule has 3 nitrogen and oxygen atoms in total. The van der Waals surface area contributed by atoms with E-state index in [0.717, 1.165) is 29.8 Å². The Kier molecular flexibility index (Phi) is 3.80. The SMILES string of the molecule is COc1ccc(Cc2nccs2)c(CNC2CC2)c1. The van der Waals surface area contributed by atoms with Gasteiger partial charge in [-0.1, -0.05) is 6.07 Å². The van der Waals surface area contributed by atoms with Crippen molar-refractivity contribution in [3.63, 3.8) is 0 Å². The van der Waals surface area contributed by atoms with Gasteiger partial charge in [-0.3, -0.25) is 0 Å². The van der Waals surface area contributed by atoms with E-state index in [2.05, 4.69) is 22.4 Å². The van der Waals surface area contributed by atoms with E-state index in [9.17, 15) is 0 Å². The molecule has 0 aliphatic heterocycles. The number of hydrogen-bond acceptors (Lipinski definition) is 4. The molecular weight excluding hydrogens is 256 g/mol. The third-order valence-electron chi connectivity index (χ3n) is 3.40. The zero-order chi connectivity index (χ0) is 13.1. The second kappa shape index (κ2) is 5.72. The van der Waals surface area contributed by atoms with Crippen LogP contribution in [0.2, 0.25) is 0 Å². The van der Waals surface area contributed by atoms with Gasteiger partial charge in [0.15, 0.2) is 0 Å². The van der Waals surface area contributed by atoms with Crippen LogP contribution in [0.4, 0.5) is 0 Å². The first kappa shape index (κ1) is 12.6. The molecule has 4 heteroatoms. The monoisotopic (exact) mass is 274 g/mol. The number of methoxy groups -OCH3 is 1. The molecule has 0 spiro atoms. The third kappa shape index (κ3) is 3.33. The lowest BCUT2D eigenvalue weighted by Gasteiger charge is -2.11. The number of hydrogen-bond donors (Lipinski definition) is 1. The summed E-state index contributed by atoms with van der Waals surface area (Å²) in [6, 6.07) is 7.05. The fraction of sp³-hybridized carbons (Fsp3) is 0.400. The van der Waals surface area contributed by atoms with Gasteiger partial charge in [-0.05, 0) is 36.1 Å². The number of nitrogens with zero attached hydrogens (tertiary/aromatic N) is 1. The Balaban J connectivity index is 1.79. The number of ether oxygens (including phenoxy) is 1. The fourth-order valence-electron chi connectivity index (χ4n) is 2.11. The third-order valence-corrected chi connectivity index (χ3v) is 4.18. The topological polar surface area (TPSA) is 34.1 Å². The van der Waals surface area contributed by atoms with Crippen LogP contribution in [-0.2, 0) is 13.0 Å². The Labute approximate surface area is 117 Å². The van der Waals surface area contributed by atoms with Crippen LogP contribution in [0.3, 0.4) is 0 Å². The first-order chi connectivity index (χ1) is 9.35. The maximum absolute atomic E-state index is 5.33. The molecule has 0 saturated heterocycles. The average molecular weight is 274 g/mol. The van der Waals surface area contributed by atoms with Crippen molar-refractivity contribution in [2.24, 2.45) is 0 Å². The predicted octanol–water partition coefficient (Wildman–Crippen LogP) is 2.99. The molecule has 0 unspecified atom stereocenters. The molecule has 1 aliphatic rings. The van der Waals surface area contributed by atoms with Crippen molar-refractivity contribution in [3.8, 4) is 5.75 Å². The lowest BCUT2D eigenvalue weighted by molar-refractivity contribution is 0.414. The smallest absolute Gasteiger partial charge is 0.119 e. The summed E-state index contributed by atoms with van der Waals surface area (Å²) in [5.74, 6) is 0.926. The molecule has 0 amide bonds. The van der Waals surface area contributed by atoms with Crippen LogP contribution in [0.1, 0.15) is 29.0 Å². The quantitative estimate of drug-likeness (QED) is 0.879. The largest absolute Gasteiger partial charge is 0.497 e. The summed E-state index contributed by atoms with van der Waals surface area (Å²) in [6.07, 6.45) is 5.40. The first-order valence-corrected chi connectivity index (χ1v) is 7.50. The van der Waals surface area contributed by atoms with Crippen LogP contribution in [-0.4, -0.2) is 18.1 Å². The van der Waals surface area contributed by atoms with Crippen LogP contribution in [0, 0.1) is 0 Å². The lowest BCUT2D eigenvalue weighted by atomic mass is 10.0. The van der Waals surface area contributed by atoms with Gasteiger partial charge < -0.3 is 10.1 Å². The Morgan fingerprint density at radius 2 is 2.26 bits per heavy atom. The minimum atomic E-state index is 0.721. The predicted molar refractivity (Wildman–Crippen MR) is 77.8 cm³/mol. The Hall–Kier alpha value is -1.39. The summed E-state index contributed by atoms with van der Waals surface area (Å²) in [5.41, 5.74) is 2.66. The minimum absolute atomic E-state index is 0.721. The highest BCUT2D eigenvalue weighted by atomic mass is 32.1. The molecule has 1 heterocycles. The van der Waals surface area contributed by atoms with Crippen molar-refractivity contribution >= 4 is 11.3 Å². The van der Waals surface area contributed by atoms with E-state index in [-0.39, 0.29) is 0 Å². The van der Waals surface area contributed by atoms with Crippen molar-refractivity contribution in [3.05, 3.63) is 45.9 Å². The first-order valence-electron chi connectivity index (χ1n) is 6.62. The maximum Gasteiger partial charge on any atom is 0.119 e. The highest BCUT2D eigenvalue weighted by Gasteiger charge is 2.20. The van der Waals surface area contributed by atoms with Gasteiger partial charge in [0.25, 0.3) is 0 Å². The van der Waals surface area contributed by atoms with E-state index in [1.54, 1.807) is 18.4 Å². The van der Waals surface area contributed by atoms with Gasteiger partial charge in [-0.2, -0.15) is 0 Å². The summed E-state index contributed by atoms with van der Waals surface area (Å²) < 4.78 is 5.33. The standard InChI is InChI=1S/C15H18N2OS/c1-18-14-5-2-11(9-15-16-6-7-19-15)12(8-14)10-17-13-3-4-13/h2,5-8,13,17H,3-4,9-10H2,1H3. The van der Waals surface area contributed by atoms with Gasteiger partial charge >= 0.3 is 0 Å². The fourth-order valence-corrected chi connectivity index (χ4v) is 2.75. The zero-order valence-corrected chi connectivity index (χ0v) is 11.9. The molecule has 3 rings (SSSR count). The lowest BCUT2D eigenvalue weighted by Crippen LogP contribution is -2.16. The molecule has 19 heavy (non-hydrogen) atoms. The molecule has 1 saturated carbocycles. The minimum Gasteiger partial charge on any atom is -0.497 e. The number of thiazole rings is 1. The van der Waals surface area contributed by atoms with E-state index in [1.165, 1.54) is 24.0 Å². The van der Waals surface area contributed by atoms with Crippen molar-refractivity contribution in [1.82, 2.24) is 10.3 Å². The molecule has 1 N–H and O–H groups in total. The van der Waals surface area contributed by atoms with E-state index in [0.29, 0.717) is 0 Å². The molecule has 1 fully saturated rings.